The number of benzene rings is 2. The van der Waals surface area contributed by atoms with E-state index in [1.807, 2.05) is 0 Å². The van der Waals surface area contributed by atoms with E-state index in [0.29, 0.717) is 6.07 Å². The fraction of sp³-hybridized carbons (Fsp3) is 0.176. The molecular weight excluding hydrogens is 340 g/mol. The van der Waals surface area contributed by atoms with Crippen LogP contribution in [0.4, 0.5) is 28.9 Å². The van der Waals surface area contributed by atoms with Crippen molar-refractivity contribution in [2.45, 2.75) is 6.42 Å². The number of carbonyl (C=O) groups is 2. The zero-order chi connectivity index (χ0) is 18.1. The summed E-state index contributed by atoms with van der Waals surface area (Å²) < 4.78 is 53.4. The van der Waals surface area contributed by atoms with Gasteiger partial charge in [0.05, 0.1) is 17.5 Å². The Bertz CT molecular complexity index is 836. The number of rotatable bonds is 4. The second-order valence-corrected chi connectivity index (χ2v) is 5.65. The highest BCUT2D eigenvalue weighted by Gasteiger charge is 2.48. The largest absolute Gasteiger partial charge is 0.323 e. The predicted octanol–water partition coefficient (Wildman–Crippen LogP) is 3.46. The average molecular weight is 352 g/mol. The summed E-state index contributed by atoms with van der Waals surface area (Å²) in [5.74, 6) is -6.44. The molecule has 0 aromatic heterocycles. The number of hydrogen-bond donors (Lipinski definition) is 2. The van der Waals surface area contributed by atoms with Crippen molar-refractivity contribution >= 4 is 23.2 Å². The van der Waals surface area contributed by atoms with E-state index in [0.717, 1.165) is 30.3 Å². The quantitative estimate of drug-likeness (QED) is 0.828. The first kappa shape index (κ1) is 16.9. The van der Waals surface area contributed by atoms with Crippen LogP contribution in [0.15, 0.2) is 36.4 Å². The SMILES string of the molecule is O=C(Nc1ccc(F)cc1F)C1CC1C(=O)Nc1c(F)cccc1F. The van der Waals surface area contributed by atoms with Crippen LogP contribution in [-0.2, 0) is 9.59 Å². The number of anilines is 2. The zero-order valence-electron chi connectivity index (χ0n) is 12.7. The smallest absolute Gasteiger partial charge is 0.228 e. The molecule has 8 heteroatoms. The van der Waals surface area contributed by atoms with Gasteiger partial charge in [0.25, 0.3) is 0 Å². The molecule has 2 amide bonds. The van der Waals surface area contributed by atoms with Crippen molar-refractivity contribution in [3.05, 3.63) is 59.7 Å². The monoisotopic (exact) mass is 352 g/mol. The molecule has 130 valence electrons. The van der Waals surface area contributed by atoms with Gasteiger partial charge in [-0.1, -0.05) is 6.07 Å². The van der Waals surface area contributed by atoms with Gasteiger partial charge in [-0.05, 0) is 30.7 Å². The number of amides is 2. The Morgan fingerprint density at radius 3 is 2.04 bits per heavy atom. The number of nitrogens with one attached hydrogen (secondary N) is 2. The molecule has 1 saturated carbocycles. The lowest BCUT2D eigenvalue weighted by Crippen LogP contribution is -2.21. The van der Waals surface area contributed by atoms with E-state index in [4.69, 9.17) is 0 Å². The normalized spacial score (nSPS) is 18.6. The van der Waals surface area contributed by atoms with E-state index in [2.05, 4.69) is 10.6 Å². The van der Waals surface area contributed by atoms with Gasteiger partial charge in [-0.25, -0.2) is 17.6 Å². The summed E-state index contributed by atoms with van der Waals surface area (Å²) in [6.07, 6.45) is 0.163. The van der Waals surface area contributed by atoms with Crippen molar-refractivity contribution in [1.29, 1.82) is 0 Å². The molecule has 2 unspecified atom stereocenters. The molecule has 1 aliphatic carbocycles. The predicted molar refractivity (Wildman–Crippen MR) is 81.6 cm³/mol. The van der Waals surface area contributed by atoms with Gasteiger partial charge in [-0.3, -0.25) is 9.59 Å². The molecule has 25 heavy (non-hydrogen) atoms. The Morgan fingerprint density at radius 2 is 1.44 bits per heavy atom. The molecule has 0 heterocycles. The molecule has 2 atom stereocenters. The molecule has 1 fully saturated rings. The van der Waals surface area contributed by atoms with Gasteiger partial charge in [-0.2, -0.15) is 0 Å². The standard InChI is InChI=1S/C17H12F4N2O2/c18-8-4-5-14(13(21)6-8)22-16(24)9-7-10(9)17(25)23-15-11(19)2-1-3-12(15)20/h1-6,9-10H,7H2,(H,22,24)(H,23,25). The maximum atomic E-state index is 13.5. The fourth-order valence-corrected chi connectivity index (χ4v) is 2.42. The Balaban J connectivity index is 1.62. The van der Waals surface area contributed by atoms with E-state index in [9.17, 15) is 27.2 Å². The number of carbonyl (C=O) groups excluding carboxylic acids is 2. The number of halogens is 4. The van der Waals surface area contributed by atoms with Crippen LogP contribution in [0.5, 0.6) is 0 Å². The lowest BCUT2D eigenvalue weighted by molar-refractivity contribution is -0.122. The van der Waals surface area contributed by atoms with Crippen molar-refractivity contribution < 1.29 is 27.2 Å². The minimum atomic E-state index is -0.941. The van der Waals surface area contributed by atoms with Crippen LogP contribution in [-0.4, -0.2) is 11.8 Å². The third-order valence-corrected chi connectivity index (χ3v) is 3.86. The summed E-state index contributed by atoms with van der Waals surface area (Å²) in [6.45, 7) is 0. The molecule has 2 aromatic carbocycles. The Morgan fingerprint density at radius 1 is 0.840 bits per heavy atom. The van der Waals surface area contributed by atoms with Crippen LogP contribution < -0.4 is 10.6 Å². The van der Waals surface area contributed by atoms with Crippen LogP contribution in [0.25, 0.3) is 0 Å². The molecule has 2 aromatic rings. The third-order valence-electron chi connectivity index (χ3n) is 3.86. The highest BCUT2D eigenvalue weighted by atomic mass is 19.1. The molecule has 0 spiro atoms. The number of hydrogen-bond acceptors (Lipinski definition) is 2. The van der Waals surface area contributed by atoms with Gasteiger partial charge in [0.15, 0.2) is 0 Å². The molecule has 0 bridgehead atoms. The summed E-state index contributed by atoms with van der Waals surface area (Å²) in [5, 5.41) is 4.38. The molecule has 0 saturated heterocycles. The molecule has 4 nitrogen and oxygen atoms in total. The van der Waals surface area contributed by atoms with Crippen LogP contribution in [0.2, 0.25) is 0 Å². The van der Waals surface area contributed by atoms with E-state index in [-0.39, 0.29) is 12.1 Å². The van der Waals surface area contributed by atoms with Gasteiger partial charge in [-0.15, -0.1) is 0 Å². The summed E-state index contributed by atoms with van der Waals surface area (Å²) in [6, 6.07) is 5.81. The molecule has 2 N–H and O–H groups in total. The summed E-state index contributed by atoms with van der Waals surface area (Å²) in [7, 11) is 0. The van der Waals surface area contributed by atoms with Crippen molar-refractivity contribution in [3.63, 3.8) is 0 Å². The van der Waals surface area contributed by atoms with Crippen LogP contribution in [0, 0.1) is 35.1 Å². The molecule has 0 aliphatic heterocycles. The van der Waals surface area contributed by atoms with Crippen LogP contribution >= 0.6 is 0 Å². The first-order valence-electron chi connectivity index (χ1n) is 7.37. The van der Waals surface area contributed by atoms with Gasteiger partial charge in [0.2, 0.25) is 11.8 Å². The lowest BCUT2D eigenvalue weighted by Gasteiger charge is -2.08. The van der Waals surface area contributed by atoms with Crippen LogP contribution in [0.1, 0.15) is 6.42 Å². The second kappa shape index (κ2) is 6.54. The summed E-state index contributed by atoms with van der Waals surface area (Å²) >= 11 is 0. The van der Waals surface area contributed by atoms with Crippen molar-refractivity contribution in [3.8, 4) is 0 Å². The van der Waals surface area contributed by atoms with Gasteiger partial charge >= 0.3 is 0 Å². The van der Waals surface area contributed by atoms with Gasteiger partial charge in [0, 0.05) is 6.07 Å². The molecule has 1 aliphatic rings. The first-order chi connectivity index (χ1) is 11.9. The maximum Gasteiger partial charge on any atom is 0.228 e. The van der Waals surface area contributed by atoms with Crippen molar-refractivity contribution in [1.82, 2.24) is 0 Å². The van der Waals surface area contributed by atoms with E-state index >= 15 is 0 Å². The van der Waals surface area contributed by atoms with Gasteiger partial charge in [0.1, 0.15) is 29.0 Å². The van der Waals surface area contributed by atoms with Crippen molar-refractivity contribution in [2.24, 2.45) is 11.8 Å². The summed E-state index contributed by atoms with van der Waals surface area (Å²) in [5.41, 5.74) is -0.791. The first-order valence-corrected chi connectivity index (χ1v) is 7.37. The van der Waals surface area contributed by atoms with E-state index in [1.165, 1.54) is 0 Å². The lowest BCUT2D eigenvalue weighted by atomic mass is 10.2. The van der Waals surface area contributed by atoms with Crippen molar-refractivity contribution in [2.75, 3.05) is 10.6 Å². The van der Waals surface area contributed by atoms with E-state index in [1.54, 1.807) is 0 Å². The highest BCUT2D eigenvalue weighted by Crippen LogP contribution is 2.40. The Labute approximate surface area is 139 Å². The minimum absolute atomic E-state index is 0.163. The molecule has 0 radical (unpaired) electrons. The highest BCUT2D eigenvalue weighted by molar-refractivity contribution is 6.03. The van der Waals surface area contributed by atoms with Gasteiger partial charge < -0.3 is 10.6 Å². The van der Waals surface area contributed by atoms with Crippen LogP contribution in [0.3, 0.4) is 0 Å². The Hall–Kier alpha value is -2.90. The second-order valence-electron chi connectivity index (χ2n) is 5.65. The minimum Gasteiger partial charge on any atom is -0.323 e. The topological polar surface area (TPSA) is 58.2 Å². The fourth-order valence-electron chi connectivity index (χ4n) is 2.42. The molecular formula is C17H12F4N2O2. The third kappa shape index (κ3) is 3.62. The summed E-state index contributed by atoms with van der Waals surface area (Å²) in [4.78, 5) is 24.0. The van der Waals surface area contributed by atoms with E-state index < -0.39 is 52.6 Å². The average Bonchev–Trinajstić information content (AvgIpc) is 3.34. The number of para-hydroxylation sites is 1. The Kier molecular flexibility index (Phi) is 4.43. The zero-order valence-corrected chi connectivity index (χ0v) is 12.7. The molecule has 3 rings (SSSR count). The maximum absolute atomic E-state index is 13.5.